The molecule has 0 bridgehead atoms. The summed E-state index contributed by atoms with van der Waals surface area (Å²) >= 11 is 1.81. The number of aryl methyl sites for hydroxylation is 4. The van der Waals surface area contributed by atoms with Crippen molar-refractivity contribution in [3.05, 3.63) is 50.7 Å². The summed E-state index contributed by atoms with van der Waals surface area (Å²) in [7, 11) is 0. The fourth-order valence-corrected chi connectivity index (χ4v) is 4.63. The number of carbonyl (C=O) groups is 1. The third-order valence-corrected chi connectivity index (χ3v) is 6.10. The van der Waals surface area contributed by atoms with Crippen LogP contribution in [0.25, 0.3) is 11.0 Å². The molecule has 2 aromatic heterocycles. The molecular formula is C20H22N2O2S. The molecule has 4 nitrogen and oxygen atoms in total. The smallest absolute Gasteiger partial charge is 0.287 e. The summed E-state index contributed by atoms with van der Waals surface area (Å²) in [4.78, 5) is 18.7. The first-order chi connectivity index (χ1) is 12.1. The minimum atomic E-state index is -0.144. The van der Waals surface area contributed by atoms with Crippen LogP contribution in [0.15, 0.2) is 22.6 Å². The Bertz CT molecular complexity index is 915. The standard InChI is InChI=1S/C20H22N2O2S/c1-12-6-5-7-14-13(2)19(24-18(12)14)20(23)21-11-10-17-22-15-8-3-4-9-16(15)25-17/h5-7H,3-4,8-11H2,1-2H3,(H,21,23). The number of aromatic nitrogens is 1. The lowest BCUT2D eigenvalue weighted by Gasteiger charge is -2.06. The van der Waals surface area contributed by atoms with E-state index in [1.165, 1.54) is 23.4 Å². The summed E-state index contributed by atoms with van der Waals surface area (Å²) < 4.78 is 5.84. The van der Waals surface area contributed by atoms with Gasteiger partial charge in [0.1, 0.15) is 5.58 Å². The zero-order valence-electron chi connectivity index (χ0n) is 14.6. The van der Waals surface area contributed by atoms with Gasteiger partial charge in [0.2, 0.25) is 0 Å². The molecule has 0 radical (unpaired) electrons. The van der Waals surface area contributed by atoms with E-state index in [4.69, 9.17) is 9.40 Å². The van der Waals surface area contributed by atoms with Crippen LogP contribution in [-0.4, -0.2) is 17.4 Å². The van der Waals surface area contributed by atoms with Gasteiger partial charge in [0, 0.05) is 28.8 Å². The Morgan fingerprint density at radius 3 is 2.92 bits per heavy atom. The molecule has 1 amide bonds. The molecule has 1 aliphatic rings. The van der Waals surface area contributed by atoms with Gasteiger partial charge >= 0.3 is 0 Å². The molecule has 0 spiro atoms. The van der Waals surface area contributed by atoms with Crippen molar-refractivity contribution < 1.29 is 9.21 Å². The lowest BCUT2D eigenvalue weighted by Crippen LogP contribution is -2.25. The normalized spacial score (nSPS) is 13.8. The molecule has 3 aromatic rings. The maximum Gasteiger partial charge on any atom is 0.287 e. The lowest BCUT2D eigenvalue weighted by atomic mass is 10.0. The molecule has 1 N–H and O–H groups in total. The molecule has 0 saturated heterocycles. The zero-order valence-corrected chi connectivity index (χ0v) is 15.5. The summed E-state index contributed by atoms with van der Waals surface area (Å²) in [6.07, 6.45) is 5.57. The van der Waals surface area contributed by atoms with Crippen LogP contribution in [-0.2, 0) is 19.3 Å². The first-order valence-electron chi connectivity index (χ1n) is 8.88. The number of fused-ring (bicyclic) bond motifs is 2. The van der Waals surface area contributed by atoms with Gasteiger partial charge in [-0.3, -0.25) is 4.79 Å². The van der Waals surface area contributed by atoms with Crippen molar-refractivity contribution in [2.45, 2.75) is 46.0 Å². The Balaban J connectivity index is 1.43. The zero-order chi connectivity index (χ0) is 17.4. The van der Waals surface area contributed by atoms with E-state index >= 15 is 0 Å². The molecule has 5 heteroatoms. The summed E-state index contributed by atoms with van der Waals surface area (Å²) in [5, 5.41) is 5.12. The van der Waals surface area contributed by atoms with Gasteiger partial charge in [0.05, 0.1) is 10.7 Å². The molecule has 1 aromatic carbocycles. The van der Waals surface area contributed by atoms with Crippen LogP contribution >= 0.6 is 11.3 Å². The monoisotopic (exact) mass is 354 g/mol. The number of rotatable bonds is 4. The molecule has 0 saturated carbocycles. The van der Waals surface area contributed by atoms with Gasteiger partial charge in [-0.25, -0.2) is 4.98 Å². The second-order valence-corrected chi connectivity index (χ2v) is 7.87. The topological polar surface area (TPSA) is 55.1 Å². The molecule has 130 valence electrons. The molecule has 0 atom stereocenters. The van der Waals surface area contributed by atoms with E-state index in [-0.39, 0.29) is 5.91 Å². The SMILES string of the molecule is Cc1c(C(=O)NCCc2nc3c(s2)CCCC3)oc2c(C)cccc12. The number of furan rings is 1. The maximum atomic E-state index is 12.5. The number of nitrogens with zero attached hydrogens (tertiary/aromatic N) is 1. The Morgan fingerprint density at radius 2 is 2.12 bits per heavy atom. The Labute approximate surface area is 151 Å². The molecular weight excluding hydrogens is 332 g/mol. The maximum absolute atomic E-state index is 12.5. The van der Waals surface area contributed by atoms with Gasteiger partial charge in [-0.2, -0.15) is 0 Å². The molecule has 0 aliphatic heterocycles. The van der Waals surface area contributed by atoms with E-state index in [9.17, 15) is 4.79 Å². The third kappa shape index (κ3) is 3.09. The van der Waals surface area contributed by atoms with Gasteiger partial charge in [0.15, 0.2) is 5.76 Å². The van der Waals surface area contributed by atoms with Crippen LogP contribution < -0.4 is 5.32 Å². The van der Waals surface area contributed by atoms with Gasteiger partial charge < -0.3 is 9.73 Å². The van der Waals surface area contributed by atoms with Crippen LogP contribution in [0.4, 0.5) is 0 Å². The molecule has 25 heavy (non-hydrogen) atoms. The van der Waals surface area contributed by atoms with Crippen LogP contribution in [0, 0.1) is 13.8 Å². The van der Waals surface area contributed by atoms with E-state index in [1.807, 2.05) is 32.0 Å². The Kier molecular flexibility index (Phi) is 4.34. The van der Waals surface area contributed by atoms with Gasteiger partial charge in [-0.1, -0.05) is 18.2 Å². The van der Waals surface area contributed by atoms with E-state index in [1.54, 1.807) is 11.3 Å². The Hall–Kier alpha value is -2.14. The number of hydrogen-bond acceptors (Lipinski definition) is 4. The number of hydrogen-bond donors (Lipinski definition) is 1. The van der Waals surface area contributed by atoms with Crippen molar-refractivity contribution in [2.24, 2.45) is 0 Å². The number of carbonyl (C=O) groups excluding carboxylic acids is 1. The number of nitrogens with one attached hydrogen (secondary N) is 1. The van der Waals surface area contributed by atoms with Crippen molar-refractivity contribution in [3.8, 4) is 0 Å². The minimum Gasteiger partial charge on any atom is -0.450 e. The molecule has 0 unspecified atom stereocenters. The average molecular weight is 354 g/mol. The van der Waals surface area contributed by atoms with Crippen LogP contribution in [0.2, 0.25) is 0 Å². The second-order valence-electron chi connectivity index (χ2n) is 6.70. The summed E-state index contributed by atoms with van der Waals surface area (Å²) in [6.45, 7) is 4.52. The highest BCUT2D eigenvalue weighted by Gasteiger charge is 2.19. The first-order valence-corrected chi connectivity index (χ1v) is 9.69. The van der Waals surface area contributed by atoms with E-state index in [2.05, 4.69) is 5.32 Å². The summed E-state index contributed by atoms with van der Waals surface area (Å²) in [5.74, 6) is 0.275. The fraction of sp³-hybridized carbons (Fsp3) is 0.400. The number of para-hydroxylation sites is 1. The number of amides is 1. The third-order valence-electron chi connectivity index (χ3n) is 4.88. The summed E-state index contributed by atoms with van der Waals surface area (Å²) in [5.41, 5.74) is 4.04. The number of thiazole rings is 1. The molecule has 1 aliphatic carbocycles. The predicted octanol–water partition coefficient (Wildman–Crippen LogP) is 4.36. The highest BCUT2D eigenvalue weighted by atomic mass is 32.1. The quantitative estimate of drug-likeness (QED) is 0.757. The van der Waals surface area contributed by atoms with Crippen molar-refractivity contribution in [1.29, 1.82) is 0 Å². The Morgan fingerprint density at radius 1 is 1.28 bits per heavy atom. The van der Waals surface area contributed by atoms with Crippen LogP contribution in [0.5, 0.6) is 0 Å². The van der Waals surface area contributed by atoms with Gasteiger partial charge in [0.25, 0.3) is 5.91 Å². The highest BCUT2D eigenvalue weighted by Crippen LogP contribution is 2.28. The van der Waals surface area contributed by atoms with Gasteiger partial charge in [-0.15, -0.1) is 11.3 Å². The minimum absolute atomic E-state index is 0.144. The molecule has 2 heterocycles. The van der Waals surface area contributed by atoms with E-state index in [0.717, 1.165) is 46.4 Å². The molecule has 4 rings (SSSR count). The van der Waals surface area contributed by atoms with Crippen LogP contribution in [0.1, 0.15) is 50.1 Å². The van der Waals surface area contributed by atoms with Gasteiger partial charge in [-0.05, 0) is 45.1 Å². The molecule has 0 fully saturated rings. The number of benzene rings is 1. The first kappa shape index (κ1) is 16.3. The van der Waals surface area contributed by atoms with Crippen molar-refractivity contribution in [2.75, 3.05) is 6.54 Å². The van der Waals surface area contributed by atoms with E-state index in [0.29, 0.717) is 12.3 Å². The van der Waals surface area contributed by atoms with E-state index < -0.39 is 0 Å². The van der Waals surface area contributed by atoms with Crippen molar-refractivity contribution in [1.82, 2.24) is 10.3 Å². The largest absolute Gasteiger partial charge is 0.450 e. The predicted molar refractivity (Wildman–Crippen MR) is 100 cm³/mol. The average Bonchev–Trinajstić information content (AvgIpc) is 3.17. The fourth-order valence-electron chi connectivity index (χ4n) is 3.48. The highest BCUT2D eigenvalue weighted by molar-refractivity contribution is 7.11. The van der Waals surface area contributed by atoms with Crippen molar-refractivity contribution in [3.63, 3.8) is 0 Å². The summed E-state index contributed by atoms with van der Waals surface area (Å²) in [6, 6.07) is 5.99. The van der Waals surface area contributed by atoms with Crippen molar-refractivity contribution >= 4 is 28.2 Å². The second kappa shape index (κ2) is 6.64. The lowest BCUT2D eigenvalue weighted by molar-refractivity contribution is 0.0927. The van der Waals surface area contributed by atoms with Crippen LogP contribution in [0.3, 0.4) is 0 Å².